The molecule has 1 atom stereocenters. The number of alkyl halides is 2. The molecule has 2 nitrogen and oxygen atoms in total. The number of nitrogens with zero attached hydrogens (tertiary/aromatic N) is 1. The van der Waals surface area contributed by atoms with E-state index < -0.39 is 4.33 Å². The van der Waals surface area contributed by atoms with Crippen molar-refractivity contribution in [1.29, 1.82) is 0 Å². The van der Waals surface area contributed by atoms with Gasteiger partial charge in [0.15, 0.2) is 0 Å². The molecule has 21 heavy (non-hydrogen) atoms. The molecule has 116 valence electrons. The summed E-state index contributed by atoms with van der Waals surface area (Å²) < 4.78 is 5.09. The van der Waals surface area contributed by atoms with E-state index in [0.29, 0.717) is 12.5 Å². The first-order valence-electron chi connectivity index (χ1n) is 7.34. The van der Waals surface area contributed by atoms with Gasteiger partial charge in [0.05, 0.1) is 6.20 Å². The Labute approximate surface area is 137 Å². The normalized spacial score (nSPS) is 23.0. The Kier molecular flexibility index (Phi) is 4.89. The lowest BCUT2D eigenvalue weighted by Gasteiger charge is -2.05. The smallest absolute Gasteiger partial charge is 0.138 e. The highest BCUT2D eigenvalue weighted by molar-refractivity contribution is 6.51. The Bertz CT molecular complexity index is 506. The molecule has 0 spiro atoms. The van der Waals surface area contributed by atoms with Crippen molar-refractivity contribution >= 4 is 23.2 Å². The van der Waals surface area contributed by atoms with Gasteiger partial charge in [-0.2, -0.15) is 0 Å². The van der Waals surface area contributed by atoms with Gasteiger partial charge in [-0.25, -0.2) is 0 Å². The minimum atomic E-state index is -0.558. The topological polar surface area (TPSA) is 22.1 Å². The van der Waals surface area contributed by atoms with Gasteiger partial charge in [-0.3, -0.25) is 4.98 Å². The number of rotatable bonds is 6. The van der Waals surface area contributed by atoms with E-state index in [1.165, 1.54) is 5.57 Å². The first-order chi connectivity index (χ1) is 9.75. The van der Waals surface area contributed by atoms with Crippen molar-refractivity contribution in [3.63, 3.8) is 0 Å². The summed E-state index contributed by atoms with van der Waals surface area (Å²) in [5.41, 5.74) is 2.33. The van der Waals surface area contributed by atoms with Gasteiger partial charge in [0.25, 0.3) is 0 Å². The van der Waals surface area contributed by atoms with Crippen LogP contribution in [0.25, 0.3) is 0 Å². The van der Waals surface area contributed by atoms with Crippen LogP contribution in [-0.4, -0.2) is 15.9 Å². The molecule has 1 unspecified atom stereocenters. The molecule has 2 rings (SSSR count). The zero-order valence-corrected chi connectivity index (χ0v) is 14.6. The molecule has 0 saturated heterocycles. The molecule has 1 aromatic rings. The molecule has 0 aromatic carbocycles. The van der Waals surface area contributed by atoms with Gasteiger partial charge in [-0.05, 0) is 44.9 Å². The molecule has 1 fully saturated rings. The summed E-state index contributed by atoms with van der Waals surface area (Å²) in [6, 6.07) is 3.88. The molecule has 1 aromatic heterocycles. The van der Waals surface area contributed by atoms with Gasteiger partial charge in [0, 0.05) is 17.0 Å². The van der Waals surface area contributed by atoms with Crippen molar-refractivity contribution in [3.8, 4) is 5.75 Å². The number of halogens is 2. The maximum atomic E-state index is 6.29. The molecule has 4 heteroatoms. The number of ether oxygens (including phenoxy) is 1. The summed E-state index contributed by atoms with van der Waals surface area (Å²) in [5.74, 6) is 1.17. The molecular formula is C17H23Cl2NO. The fourth-order valence-electron chi connectivity index (χ4n) is 2.59. The second-order valence-electron chi connectivity index (χ2n) is 6.43. The molecule has 1 saturated carbocycles. The Hall–Kier alpha value is -0.730. The van der Waals surface area contributed by atoms with Crippen molar-refractivity contribution in [2.45, 2.75) is 44.9 Å². The van der Waals surface area contributed by atoms with Crippen LogP contribution in [-0.2, 0) is 0 Å². The lowest BCUT2D eigenvalue weighted by Crippen LogP contribution is -1.96. The Balaban J connectivity index is 1.74. The molecular weight excluding hydrogens is 305 g/mol. The van der Waals surface area contributed by atoms with Crippen LogP contribution in [0.4, 0.5) is 0 Å². The maximum Gasteiger partial charge on any atom is 0.138 e. The van der Waals surface area contributed by atoms with Crippen molar-refractivity contribution in [3.05, 3.63) is 35.7 Å². The second kappa shape index (κ2) is 6.18. The minimum absolute atomic E-state index is 0.0282. The van der Waals surface area contributed by atoms with Gasteiger partial charge >= 0.3 is 0 Å². The van der Waals surface area contributed by atoms with Crippen LogP contribution < -0.4 is 4.74 Å². The van der Waals surface area contributed by atoms with Crippen molar-refractivity contribution in [1.82, 2.24) is 4.98 Å². The number of pyridine rings is 1. The summed E-state index contributed by atoms with van der Waals surface area (Å²) in [6.45, 7) is 8.91. The largest absolute Gasteiger partial charge is 0.488 e. The number of hydrogen-bond donors (Lipinski definition) is 0. The number of aryl methyl sites for hydroxylation is 1. The minimum Gasteiger partial charge on any atom is -0.488 e. The molecule has 1 aliphatic carbocycles. The van der Waals surface area contributed by atoms with E-state index in [1.54, 1.807) is 6.20 Å². The number of allylic oxidation sites excluding steroid dienone is 1. The van der Waals surface area contributed by atoms with E-state index in [4.69, 9.17) is 27.9 Å². The van der Waals surface area contributed by atoms with Gasteiger partial charge in [-0.15, -0.1) is 23.2 Å². The third-order valence-electron chi connectivity index (χ3n) is 4.48. The van der Waals surface area contributed by atoms with Crippen LogP contribution in [0.5, 0.6) is 5.75 Å². The summed E-state index contributed by atoms with van der Waals surface area (Å²) in [4.78, 5) is 4.20. The maximum absolute atomic E-state index is 6.29. The van der Waals surface area contributed by atoms with E-state index in [1.807, 2.05) is 19.1 Å². The van der Waals surface area contributed by atoms with E-state index in [-0.39, 0.29) is 5.41 Å². The first-order valence-corrected chi connectivity index (χ1v) is 8.09. The lowest BCUT2D eigenvalue weighted by molar-refractivity contribution is 0.359. The molecule has 1 aliphatic rings. The van der Waals surface area contributed by atoms with E-state index >= 15 is 0 Å². The number of hydrogen-bond acceptors (Lipinski definition) is 2. The highest BCUT2D eigenvalue weighted by Gasteiger charge is 2.69. The third kappa shape index (κ3) is 3.73. The zero-order valence-electron chi connectivity index (χ0n) is 13.1. The predicted molar refractivity (Wildman–Crippen MR) is 89.2 cm³/mol. The Morgan fingerprint density at radius 3 is 2.57 bits per heavy atom. The standard InChI is InChI=1S/C17H23Cl2NO/c1-12(5-8-15-16(3,4)17(15,18)19)9-10-21-14-7-6-13(2)20-11-14/h6-7,9,11,15H,5,8,10H2,1-4H3/b12-9+. The molecule has 0 radical (unpaired) electrons. The number of aromatic nitrogens is 1. The quantitative estimate of drug-likeness (QED) is 0.520. The van der Waals surface area contributed by atoms with Gasteiger partial charge in [0.2, 0.25) is 0 Å². The van der Waals surface area contributed by atoms with Gasteiger partial charge in [0.1, 0.15) is 16.7 Å². The van der Waals surface area contributed by atoms with Crippen molar-refractivity contribution < 1.29 is 4.74 Å². The highest BCUT2D eigenvalue weighted by Crippen LogP contribution is 2.70. The average Bonchev–Trinajstić information content (AvgIpc) is 2.79. The third-order valence-corrected chi connectivity index (χ3v) is 5.98. The van der Waals surface area contributed by atoms with Crippen LogP contribution in [0.15, 0.2) is 30.0 Å². The molecule has 0 N–H and O–H groups in total. The highest BCUT2D eigenvalue weighted by atomic mass is 35.5. The summed E-state index contributed by atoms with van der Waals surface area (Å²) >= 11 is 12.6. The van der Waals surface area contributed by atoms with Crippen LogP contribution in [0.3, 0.4) is 0 Å². The monoisotopic (exact) mass is 327 g/mol. The lowest BCUT2D eigenvalue weighted by atomic mass is 10.0. The van der Waals surface area contributed by atoms with Gasteiger partial charge < -0.3 is 4.74 Å². The zero-order chi connectivity index (χ0) is 15.7. The Morgan fingerprint density at radius 2 is 2.05 bits per heavy atom. The van der Waals surface area contributed by atoms with Gasteiger partial charge in [-0.1, -0.05) is 19.4 Å². The molecule has 0 aliphatic heterocycles. The molecule has 1 heterocycles. The van der Waals surface area contributed by atoms with Crippen LogP contribution in [0.1, 0.15) is 39.3 Å². The summed E-state index contributed by atoms with van der Waals surface area (Å²) in [7, 11) is 0. The van der Waals surface area contributed by atoms with Crippen LogP contribution >= 0.6 is 23.2 Å². The fourth-order valence-corrected chi connectivity index (χ4v) is 3.51. The Morgan fingerprint density at radius 1 is 1.38 bits per heavy atom. The molecule has 0 amide bonds. The van der Waals surface area contributed by atoms with E-state index in [2.05, 4.69) is 31.8 Å². The van der Waals surface area contributed by atoms with Crippen molar-refractivity contribution in [2.75, 3.05) is 6.61 Å². The second-order valence-corrected chi connectivity index (χ2v) is 7.82. The summed E-state index contributed by atoms with van der Waals surface area (Å²) in [6.07, 6.45) is 5.89. The predicted octanol–water partition coefficient (Wildman–Crippen LogP) is 5.33. The summed E-state index contributed by atoms with van der Waals surface area (Å²) in [5, 5.41) is 0. The average molecular weight is 328 g/mol. The molecule has 0 bridgehead atoms. The van der Waals surface area contributed by atoms with Crippen LogP contribution in [0, 0.1) is 18.3 Å². The van der Waals surface area contributed by atoms with E-state index in [0.717, 1.165) is 24.3 Å². The van der Waals surface area contributed by atoms with Crippen LogP contribution in [0.2, 0.25) is 0 Å². The SMILES string of the molecule is C/C(=C\COc1ccc(C)nc1)CCC1C(C)(C)C1(Cl)Cl. The van der Waals surface area contributed by atoms with E-state index in [9.17, 15) is 0 Å². The van der Waals surface area contributed by atoms with Crippen molar-refractivity contribution in [2.24, 2.45) is 11.3 Å². The fraction of sp³-hybridized carbons (Fsp3) is 0.588. The first kappa shape index (κ1) is 16.6.